The van der Waals surface area contributed by atoms with Gasteiger partial charge in [-0.15, -0.1) is 0 Å². The number of carbonyl (C=O) groups is 2. The first kappa shape index (κ1) is 18.7. The van der Waals surface area contributed by atoms with Crippen molar-refractivity contribution < 1.29 is 24.2 Å². The van der Waals surface area contributed by atoms with E-state index >= 15 is 0 Å². The largest absolute Gasteiger partial charge is 0.492 e. The van der Waals surface area contributed by atoms with Crippen molar-refractivity contribution in [1.82, 2.24) is 4.90 Å². The Morgan fingerprint density at radius 2 is 1.89 bits per heavy atom. The molecular formula is C22H23NO5. The van der Waals surface area contributed by atoms with Gasteiger partial charge in [-0.25, -0.2) is 0 Å². The van der Waals surface area contributed by atoms with Crippen LogP contribution in [-0.4, -0.2) is 60.2 Å². The van der Waals surface area contributed by atoms with Gasteiger partial charge in [-0.3, -0.25) is 9.59 Å². The lowest BCUT2D eigenvalue weighted by atomic mass is 9.98. The van der Waals surface area contributed by atoms with E-state index < -0.39 is 6.10 Å². The van der Waals surface area contributed by atoms with Crippen LogP contribution in [-0.2, 0) is 4.74 Å². The monoisotopic (exact) mass is 381 g/mol. The van der Waals surface area contributed by atoms with E-state index in [2.05, 4.69) is 0 Å². The zero-order chi connectivity index (χ0) is 19.7. The lowest BCUT2D eigenvalue weighted by Gasteiger charge is -2.28. The molecule has 0 spiro atoms. The highest BCUT2D eigenvalue weighted by Crippen LogP contribution is 2.31. The smallest absolute Gasteiger partial charge is 0.254 e. The van der Waals surface area contributed by atoms with Crippen LogP contribution < -0.4 is 4.74 Å². The summed E-state index contributed by atoms with van der Waals surface area (Å²) in [5.41, 5.74) is 3.06. The van der Waals surface area contributed by atoms with Crippen LogP contribution in [0, 0.1) is 0 Å². The average molecular weight is 381 g/mol. The number of amides is 1. The van der Waals surface area contributed by atoms with Gasteiger partial charge in [-0.1, -0.05) is 18.2 Å². The molecule has 0 radical (unpaired) electrons. The number of hydrogen-bond acceptors (Lipinski definition) is 5. The number of benzene rings is 2. The van der Waals surface area contributed by atoms with Crippen LogP contribution in [0.2, 0.25) is 0 Å². The molecule has 0 bridgehead atoms. The molecule has 1 N–H and O–H groups in total. The lowest BCUT2D eigenvalue weighted by molar-refractivity contribution is 0.0520. The summed E-state index contributed by atoms with van der Waals surface area (Å²) in [5.74, 6) is 0.593. The molecule has 6 nitrogen and oxygen atoms in total. The van der Waals surface area contributed by atoms with Gasteiger partial charge in [-0.2, -0.15) is 0 Å². The van der Waals surface area contributed by atoms with Gasteiger partial charge in [0.1, 0.15) is 5.75 Å². The van der Waals surface area contributed by atoms with Crippen molar-refractivity contribution in [2.75, 3.05) is 26.4 Å². The second kappa shape index (κ2) is 7.73. The average Bonchev–Trinajstić information content (AvgIpc) is 3.14. The highest BCUT2D eigenvalue weighted by Gasteiger charge is 2.34. The quantitative estimate of drug-likeness (QED) is 0.881. The molecule has 0 saturated carbocycles. The fraction of sp³-hybridized carbons (Fsp3) is 0.364. The number of ketones is 1. The van der Waals surface area contributed by atoms with Gasteiger partial charge in [0.05, 0.1) is 37.5 Å². The zero-order valence-electron chi connectivity index (χ0n) is 15.8. The molecule has 28 heavy (non-hydrogen) atoms. The fourth-order valence-corrected chi connectivity index (χ4v) is 3.77. The number of aliphatic hydroxyl groups is 1. The van der Waals surface area contributed by atoms with Crippen molar-refractivity contribution in [2.45, 2.75) is 25.5 Å². The molecule has 2 aliphatic heterocycles. The van der Waals surface area contributed by atoms with Crippen LogP contribution >= 0.6 is 0 Å². The normalized spacial score (nSPS) is 21.1. The first-order valence-corrected chi connectivity index (χ1v) is 9.55. The lowest BCUT2D eigenvalue weighted by Crippen LogP contribution is -2.46. The van der Waals surface area contributed by atoms with Gasteiger partial charge in [0.15, 0.2) is 5.78 Å². The number of rotatable bonds is 4. The maximum Gasteiger partial charge on any atom is 0.254 e. The van der Waals surface area contributed by atoms with E-state index in [1.54, 1.807) is 23.1 Å². The molecule has 6 heteroatoms. The summed E-state index contributed by atoms with van der Waals surface area (Å²) >= 11 is 0. The van der Waals surface area contributed by atoms with Gasteiger partial charge in [0, 0.05) is 18.5 Å². The van der Waals surface area contributed by atoms with Gasteiger partial charge >= 0.3 is 0 Å². The molecular weight excluding hydrogens is 358 g/mol. The van der Waals surface area contributed by atoms with Crippen molar-refractivity contribution in [2.24, 2.45) is 0 Å². The number of Topliss-reactive ketones (excluding diaryl/α,β-unsaturated/α-hetero) is 1. The predicted molar refractivity (Wildman–Crippen MR) is 104 cm³/mol. The van der Waals surface area contributed by atoms with Crippen LogP contribution in [0.1, 0.15) is 34.1 Å². The second-order valence-electron chi connectivity index (χ2n) is 7.07. The Balaban J connectivity index is 1.55. The fourth-order valence-electron chi connectivity index (χ4n) is 3.77. The Labute approximate surface area is 163 Å². The molecule has 4 rings (SSSR count). The number of fused-ring (bicyclic) bond motifs is 1. The zero-order valence-corrected chi connectivity index (χ0v) is 15.8. The summed E-state index contributed by atoms with van der Waals surface area (Å²) in [6.07, 6.45) is -0.237. The van der Waals surface area contributed by atoms with Crippen molar-refractivity contribution in [3.63, 3.8) is 0 Å². The molecule has 0 aliphatic carbocycles. The number of hydrogen-bond donors (Lipinski definition) is 1. The predicted octanol–water partition coefficient (Wildman–Crippen LogP) is 2.54. The molecule has 1 fully saturated rings. The minimum Gasteiger partial charge on any atom is -0.492 e. The summed E-state index contributed by atoms with van der Waals surface area (Å²) in [6.45, 7) is 3.42. The Kier molecular flexibility index (Phi) is 5.15. The highest BCUT2D eigenvalue weighted by molar-refractivity contribution is 6.00. The SMILES string of the molecule is CCN(C(=O)c1ccc(-c2ccc3c(c2)OCCC3=O)cc1)[C@H]1COC[C@@H]1O. The minimum atomic E-state index is -0.652. The first-order chi connectivity index (χ1) is 13.6. The van der Waals surface area contributed by atoms with E-state index in [0.717, 1.165) is 11.1 Å². The van der Waals surface area contributed by atoms with Gasteiger partial charge in [-0.05, 0) is 42.3 Å². The van der Waals surface area contributed by atoms with Crippen LogP contribution in [0.5, 0.6) is 5.75 Å². The summed E-state index contributed by atoms with van der Waals surface area (Å²) < 4.78 is 10.9. The Morgan fingerprint density at radius 3 is 2.57 bits per heavy atom. The molecule has 2 aliphatic rings. The topological polar surface area (TPSA) is 76.1 Å². The molecule has 1 amide bonds. The molecule has 2 aromatic carbocycles. The molecule has 0 aromatic heterocycles. The Bertz CT molecular complexity index is 892. The number of aliphatic hydroxyl groups excluding tert-OH is 1. The molecule has 146 valence electrons. The van der Waals surface area contributed by atoms with Crippen molar-refractivity contribution >= 4 is 11.7 Å². The van der Waals surface area contributed by atoms with E-state index in [4.69, 9.17) is 9.47 Å². The van der Waals surface area contributed by atoms with E-state index in [1.807, 2.05) is 31.2 Å². The highest BCUT2D eigenvalue weighted by atomic mass is 16.5. The van der Waals surface area contributed by atoms with Gasteiger partial charge in [0.25, 0.3) is 5.91 Å². The summed E-state index contributed by atoms with van der Waals surface area (Å²) in [7, 11) is 0. The van der Waals surface area contributed by atoms with E-state index in [1.165, 1.54) is 0 Å². The summed E-state index contributed by atoms with van der Waals surface area (Å²) in [6, 6.07) is 12.6. The first-order valence-electron chi connectivity index (χ1n) is 9.55. The summed E-state index contributed by atoms with van der Waals surface area (Å²) in [4.78, 5) is 26.5. The van der Waals surface area contributed by atoms with Gasteiger partial charge in [0.2, 0.25) is 0 Å². The Hall–Kier alpha value is -2.70. The van der Waals surface area contributed by atoms with Gasteiger partial charge < -0.3 is 19.5 Å². The van der Waals surface area contributed by atoms with Crippen molar-refractivity contribution in [3.8, 4) is 16.9 Å². The number of ether oxygens (including phenoxy) is 2. The number of carbonyl (C=O) groups excluding carboxylic acids is 2. The van der Waals surface area contributed by atoms with Crippen LogP contribution in [0.4, 0.5) is 0 Å². The maximum atomic E-state index is 12.9. The molecule has 0 unspecified atom stereocenters. The molecule has 2 heterocycles. The second-order valence-corrected chi connectivity index (χ2v) is 7.07. The van der Waals surface area contributed by atoms with Crippen molar-refractivity contribution in [3.05, 3.63) is 53.6 Å². The van der Waals surface area contributed by atoms with E-state index in [0.29, 0.717) is 43.1 Å². The maximum absolute atomic E-state index is 12.9. The van der Waals surface area contributed by atoms with Crippen molar-refractivity contribution in [1.29, 1.82) is 0 Å². The van der Waals surface area contributed by atoms with Crippen LogP contribution in [0.3, 0.4) is 0 Å². The molecule has 2 atom stereocenters. The Morgan fingerprint density at radius 1 is 1.14 bits per heavy atom. The number of likely N-dealkylation sites (N-methyl/N-ethyl adjacent to an activating group) is 1. The third kappa shape index (κ3) is 3.41. The van der Waals surface area contributed by atoms with Crippen LogP contribution in [0.25, 0.3) is 11.1 Å². The molecule has 2 aromatic rings. The van der Waals surface area contributed by atoms with Crippen LogP contribution in [0.15, 0.2) is 42.5 Å². The van der Waals surface area contributed by atoms with E-state index in [-0.39, 0.29) is 24.3 Å². The molecule has 1 saturated heterocycles. The standard InChI is InChI=1S/C22H23NO5/c1-2-23(18-12-27-13-20(18)25)22(26)15-5-3-14(4-6-15)16-7-8-17-19(24)9-10-28-21(17)11-16/h3-8,11,18,20,25H,2,9-10,12-13H2,1H3/t18-,20-/m0/s1. The third-order valence-corrected chi connectivity index (χ3v) is 5.36. The number of nitrogens with zero attached hydrogens (tertiary/aromatic N) is 1. The van der Waals surface area contributed by atoms with E-state index in [9.17, 15) is 14.7 Å². The third-order valence-electron chi connectivity index (χ3n) is 5.36. The summed E-state index contributed by atoms with van der Waals surface area (Å²) in [5, 5.41) is 10.0. The minimum absolute atomic E-state index is 0.103.